The molecule has 4 nitrogen and oxygen atoms in total. The molecule has 0 radical (unpaired) electrons. The highest BCUT2D eigenvalue weighted by atomic mass is 17.2. The minimum atomic E-state index is 0.587. The fourth-order valence-corrected chi connectivity index (χ4v) is 4.87. The largest absolute Gasteiger partial charge is 0.384 e. The number of hydrogen-bond donors (Lipinski definition) is 1. The van der Waals surface area contributed by atoms with Crippen LogP contribution in [0.1, 0.15) is 46.6 Å². The van der Waals surface area contributed by atoms with Gasteiger partial charge in [0.2, 0.25) is 0 Å². The van der Waals surface area contributed by atoms with Crippen LogP contribution >= 0.6 is 0 Å². The van der Waals surface area contributed by atoms with Gasteiger partial charge in [0, 0.05) is 36.4 Å². The smallest absolute Gasteiger partial charge is 0.174 e. The first-order chi connectivity index (χ1) is 13.3. The molecular formula is C23H28N2O2. The second kappa shape index (κ2) is 7.17. The molecule has 0 spiro atoms. The van der Waals surface area contributed by atoms with Gasteiger partial charge in [-0.15, -0.1) is 0 Å². The third-order valence-electron chi connectivity index (χ3n) is 6.35. The molecule has 1 N–H and O–H groups in total. The number of rotatable bonds is 5. The van der Waals surface area contributed by atoms with Crippen LogP contribution in [0.3, 0.4) is 0 Å². The summed E-state index contributed by atoms with van der Waals surface area (Å²) >= 11 is 0. The summed E-state index contributed by atoms with van der Waals surface area (Å²) < 4.78 is 0. The minimum Gasteiger partial charge on any atom is -0.384 e. The van der Waals surface area contributed by atoms with Crippen LogP contribution in [0.2, 0.25) is 0 Å². The lowest BCUT2D eigenvalue weighted by molar-refractivity contribution is -0.195. The van der Waals surface area contributed by atoms with Crippen LogP contribution in [0.15, 0.2) is 30.3 Å². The van der Waals surface area contributed by atoms with Gasteiger partial charge in [-0.3, -0.25) is 0 Å². The Labute approximate surface area is 161 Å². The van der Waals surface area contributed by atoms with Crippen molar-refractivity contribution in [2.24, 2.45) is 0 Å². The van der Waals surface area contributed by atoms with E-state index >= 15 is 0 Å². The molecule has 2 aromatic carbocycles. The molecule has 142 valence electrons. The Balaban J connectivity index is 1.24. The van der Waals surface area contributed by atoms with Crippen molar-refractivity contribution in [2.45, 2.75) is 44.6 Å². The summed E-state index contributed by atoms with van der Waals surface area (Å²) in [6, 6.07) is 11.4. The fourth-order valence-electron chi connectivity index (χ4n) is 4.87. The number of benzene rings is 2. The highest BCUT2D eigenvalue weighted by Crippen LogP contribution is 2.41. The zero-order valence-corrected chi connectivity index (χ0v) is 16.1. The fraction of sp³-hybridized carbons (Fsp3) is 0.478. The molecule has 1 aliphatic carbocycles. The first-order valence-corrected chi connectivity index (χ1v) is 10.3. The molecule has 2 heterocycles. The van der Waals surface area contributed by atoms with E-state index in [9.17, 15) is 0 Å². The molecule has 0 aromatic heterocycles. The van der Waals surface area contributed by atoms with Crippen molar-refractivity contribution < 1.29 is 9.78 Å². The molecule has 0 bridgehead atoms. The molecule has 27 heavy (non-hydrogen) atoms. The first-order valence-electron chi connectivity index (χ1n) is 10.3. The predicted molar refractivity (Wildman–Crippen MR) is 107 cm³/mol. The molecule has 3 aliphatic rings. The zero-order valence-electron chi connectivity index (χ0n) is 16.1. The van der Waals surface area contributed by atoms with Crippen molar-refractivity contribution in [1.29, 1.82) is 0 Å². The van der Waals surface area contributed by atoms with Crippen molar-refractivity contribution in [1.82, 2.24) is 4.90 Å². The van der Waals surface area contributed by atoms with E-state index in [0.29, 0.717) is 12.5 Å². The lowest BCUT2D eigenvalue weighted by atomic mass is 9.81. The number of likely N-dealkylation sites (N-methyl/N-ethyl adjacent to an activating group) is 1. The Morgan fingerprint density at radius 1 is 1.15 bits per heavy atom. The summed E-state index contributed by atoms with van der Waals surface area (Å²) in [5.74, 6) is 1.60. The topological polar surface area (TPSA) is 33.7 Å². The van der Waals surface area contributed by atoms with Crippen molar-refractivity contribution in [3.8, 4) is 5.75 Å². The molecule has 1 atom stereocenters. The second-order valence-corrected chi connectivity index (χ2v) is 8.24. The number of nitrogens with one attached hydrogen (secondary N) is 1. The molecule has 2 aliphatic heterocycles. The van der Waals surface area contributed by atoms with Crippen LogP contribution in [-0.4, -0.2) is 31.6 Å². The maximum atomic E-state index is 5.47. The number of nitrogens with zero attached hydrogens (tertiary/aromatic N) is 1. The highest BCUT2D eigenvalue weighted by Gasteiger charge is 2.28. The highest BCUT2D eigenvalue weighted by molar-refractivity contribution is 5.56. The zero-order chi connectivity index (χ0) is 18.2. The van der Waals surface area contributed by atoms with Crippen LogP contribution in [0.25, 0.3) is 0 Å². The number of anilines is 1. The van der Waals surface area contributed by atoms with Gasteiger partial charge in [-0.2, -0.15) is 4.89 Å². The van der Waals surface area contributed by atoms with Crippen LogP contribution < -0.4 is 10.2 Å². The summed E-state index contributed by atoms with van der Waals surface area (Å²) in [7, 11) is 2.26. The summed E-state index contributed by atoms with van der Waals surface area (Å²) in [6.45, 7) is 3.88. The summed E-state index contributed by atoms with van der Waals surface area (Å²) in [5, 5.41) is 3.44. The van der Waals surface area contributed by atoms with E-state index < -0.39 is 0 Å². The van der Waals surface area contributed by atoms with Crippen LogP contribution in [0.5, 0.6) is 5.75 Å². The van der Waals surface area contributed by atoms with Crippen molar-refractivity contribution in [3.05, 3.63) is 58.1 Å². The maximum absolute atomic E-state index is 5.47. The van der Waals surface area contributed by atoms with Gasteiger partial charge in [0.1, 0.15) is 6.61 Å². The van der Waals surface area contributed by atoms with Gasteiger partial charge in [0.05, 0.1) is 0 Å². The van der Waals surface area contributed by atoms with Crippen LogP contribution in [0, 0.1) is 0 Å². The molecule has 4 heteroatoms. The predicted octanol–water partition coefficient (Wildman–Crippen LogP) is 4.07. The Hall–Kier alpha value is -2.04. The van der Waals surface area contributed by atoms with E-state index in [2.05, 4.69) is 47.6 Å². The second-order valence-electron chi connectivity index (χ2n) is 8.24. The molecule has 5 rings (SSSR count). The maximum Gasteiger partial charge on any atom is 0.174 e. The lowest BCUT2D eigenvalue weighted by Gasteiger charge is -2.30. The SMILES string of the molecule is CN(CCc1ccc2c(c1)CCN2)C[C@@H]1CCCc2c1ccc1c2OOC1. The van der Waals surface area contributed by atoms with Gasteiger partial charge in [-0.1, -0.05) is 24.3 Å². The van der Waals surface area contributed by atoms with Crippen LogP contribution in [0.4, 0.5) is 5.69 Å². The summed E-state index contributed by atoms with van der Waals surface area (Å²) in [4.78, 5) is 13.2. The van der Waals surface area contributed by atoms with E-state index in [4.69, 9.17) is 9.78 Å². The van der Waals surface area contributed by atoms with Crippen molar-refractivity contribution >= 4 is 5.69 Å². The van der Waals surface area contributed by atoms with E-state index in [-0.39, 0.29) is 0 Å². The number of hydrogen-bond acceptors (Lipinski definition) is 4. The van der Waals surface area contributed by atoms with Crippen molar-refractivity contribution in [3.63, 3.8) is 0 Å². The summed E-state index contributed by atoms with van der Waals surface area (Å²) in [5.41, 5.74) is 8.32. The van der Waals surface area contributed by atoms with Gasteiger partial charge in [-0.05, 0) is 67.8 Å². The van der Waals surface area contributed by atoms with Gasteiger partial charge in [-0.25, -0.2) is 0 Å². The minimum absolute atomic E-state index is 0.587. The lowest BCUT2D eigenvalue weighted by Crippen LogP contribution is -2.28. The van der Waals surface area contributed by atoms with Crippen molar-refractivity contribution in [2.75, 3.05) is 32.0 Å². The average molecular weight is 364 g/mol. The molecular weight excluding hydrogens is 336 g/mol. The van der Waals surface area contributed by atoms with Gasteiger partial charge in [0.25, 0.3) is 0 Å². The number of fused-ring (bicyclic) bond motifs is 4. The molecule has 0 fully saturated rings. The Kier molecular flexibility index (Phi) is 4.54. The Morgan fingerprint density at radius 2 is 2.11 bits per heavy atom. The monoisotopic (exact) mass is 364 g/mol. The molecule has 0 unspecified atom stereocenters. The molecule has 2 aromatic rings. The van der Waals surface area contributed by atoms with E-state index in [1.54, 1.807) is 0 Å². The van der Waals surface area contributed by atoms with E-state index in [1.165, 1.54) is 46.3 Å². The van der Waals surface area contributed by atoms with Gasteiger partial charge in [0.15, 0.2) is 5.75 Å². The summed E-state index contributed by atoms with van der Waals surface area (Å²) in [6.07, 6.45) is 5.90. The van der Waals surface area contributed by atoms with Crippen LogP contribution in [-0.2, 0) is 30.8 Å². The van der Waals surface area contributed by atoms with Gasteiger partial charge >= 0.3 is 0 Å². The standard InChI is InChI=1S/C23H28N2O2/c1-25(12-10-16-5-8-22-17(13-16)9-11-24-22)14-18-3-2-4-21-20(18)7-6-19-15-26-27-23(19)21/h5-8,13,18,24H,2-4,9-12,14-15H2,1H3/t18-/m0/s1. The molecule has 0 saturated carbocycles. The van der Waals surface area contributed by atoms with Gasteiger partial charge < -0.3 is 15.1 Å². The average Bonchev–Trinajstić information content (AvgIpc) is 3.35. The third kappa shape index (κ3) is 3.32. The quantitative estimate of drug-likeness (QED) is 0.811. The Morgan fingerprint density at radius 3 is 3.07 bits per heavy atom. The third-order valence-corrected chi connectivity index (χ3v) is 6.35. The Bertz CT molecular complexity index is 849. The van der Waals surface area contributed by atoms with E-state index in [1.807, 2.05) is 0 Å². The molecule has 0 saturated heterocycles. The first kappa shape index (κ1) is 17.1. The van der Waals surface area contributed by atoms with E-state index in [0.717, 1.165) is 44.6 Å². The molecule has 0 amide bonds. The normalized spacial score (nSPS) is 20.0.